The SMILES string of the molecule is COC(=O)C(C)CN1CCC(N)CC1C. The van der Waals surface area contributed by atoms with Gasteiger partial charge in [-0.3, -0.25) is 9.69 Å². The molecule has 1 heterocycles. The summed E-state index contributed by atoms with van der Waals surface area (Å²) in [6.45, 7) is 5.85. The molecular formula is C11H22N2O2. The lowest BCUT2D eigenvalue weighted by Crippen LogP contribution is -2.47. The Bertz CT molecular complexity index is 221. The molecule has 2 N–H and O–H groups in total. The van der Waals surface area contributed by atoms with Crippen molar-refractivity contribution in [2.45, 2.75) is 38.8 Å². The van der Waals surface area contributed by atoms with Gasteiger partial charge in [-0.05, 0) is 26.3 Å². The first-order chi connectivity index (χ1) is 7.04. The number of esters is 1. The topological polar surface area (TPSA) is 55.6 Å². The van der Waals surface area contributed by atoms with Gasteiger partial charge in [0.15, 0.2) is 0 Å². The van der Waals surface area contributed by atoms with Gasteiger partial charge in [0.1, 0.15) is 0 Å². The number of methoxy groups -OCH3 is 1. The van der Waals surface area contributed by atoms with E-state index in [0.29, 0.717) is 12.1 Å². The molecule has 15 heavy (non-hydrogen) atoms. The Labute approximate surface area is 91.8 Å². The highest BCUT2D eigenvalue weighted by Crippen LogP contribution is 2.17. The molecule has 0 saturated carbocycles. The Hall–Kier alpha value is -0.610. The zero-order valence-electron chi connectivity index (χ0n) is 9.90. The first-order valence-electron chi connectivity index (χ1n) is 5.62. The summed E-state index contributed by atoms with van der Waals surface area (Å²) in [6.07, 6.45) is 2.05. The van der Waals surface area contributed by atoms with Gasteiger partial charge in [-0.2, -0.15) is 0 Å². The van der Waals surface area contributed by atoms with E-state index in [4.69, 9.17) is 10.5 Å². The van der Waals surface area contributed by atoms with Crippen LogP contribution in [-0.4, -0.2) is 43.2 Å². The van der Waals surface area contributed by atoms with Crippen LogP contribution in [0.1, 0.15) is 26.7 Å². The second-order valence-corrected chi connectivity index (χ2v) is 4.55. The standard InChI is InChI=1S/C11H22N2O2/c1-8(11(14)15-3)7-13-5-4-10(12)6-9(13)2/h8-10H,4-7,12H2,1-3H3. The zero-order chi connectivity index (χ0) is 11.4. The summed E-state index contributed by atoms with van der Waals surface area (Å²) in [5, 5.41) is 0. The lowest BCUT2D eigenvalue weighted by molar-refractivity contribution is -0.145. The third-order valence-electron chi connectivity index (χ3n) is 3.17. The Morgan fingerprint density at radius 2 is 2.33 bits per heavy atom. The van der Waals surface area contributed by atoms with Crippen molar-refractivity contribution in [3.63, 3.8) is 0 Å². The quantitative estimate of drug-likeness (QED) is 0.699. The van der Waals surface area contributed by atoms with Crippen molar-refractivity contribution in [3.05, 3.63) is 0 Å². The number of hydrogen-bond acceptors (Lipinski definition) is 4. The van der Waals surface area contributed by atoms with Gasteiger partial charge in [-0.25, -0.2) is 0 Å². The van der Waals surface area contributed by atoms with Gasteiger partial charge in [0.05, 0.1) is 13.0 Å². The molecule has 0 aromatic carbocycles. The molecule has 0 aromatic heterocycles. The van der Waals surface area contributed by atoms with Crippen molar-refractivity contribution >= 4 is 5.97 Å². The van der Waals surface area contributed by atoms with E-state index in [1.165, 1.54) is 7.11 Å². The predicted octanol–water partition coefficient (Wildman–Crippen LogP) is 0.607. The molecule has 0 spiro atoms. The van der Waals surface area contributed by atoms with Crippen LogP contribution < -0.4 is 5.73 Å². The molecule has 0 bridgehead atoms. The summed E-state index contributed by atoms with van der Waals surface area (Å²) in [5.41, 5.74) is 5.89. The van der Waals surface area contributed by atoms with Gasteiger partial charge in [0.25, 0.3) is 0 Å². The summed E-state index contributed by atoms with van der Waals surface area (Å²) in [4.78, 5) is 13.6. The lowest BCUT2D eigenvalue weighted by atomic mass is 9.98. The molecule has 0 aliphatic carbocycles. The molecule has 4 heteroatoms. The van der Waals surface area contributed by atoms with Crippen LogP contribution >= 0.6 is 0 Å². The van der Waals surface area contributed by atoms with Gasteiger partial charge in [0.2, 0.25) is 0 Å². The summed E-state index contributed by atoms with van der Waals surface area (Å²) in [6, 6.07) is 0.797. The predicted molar refractivity (Wildman–Crippen MR) is 59.4 cm³/mol. The molecule has 1 rings (SSSR count). The fourth-order valence-electron chi connectivity index (χ4n) is 2.16. The van der Waals surface area contributed by atoms with Crippen LogP contribution in [0.3, 0.4) is 0 Å². The zero-order valence-corrected chi connectivity index (χ0v) is 9.90. The number of nitrogens with two attached hydrogens (primary N) is 1. The van der Waals surface area contributed by atoms with Crippen LogP contribution in [0.25, 0.3) is 0 Å². The first-order valence-corrected chi connectivity index (χ1v) is 5.62. The fourth-order valence-corrected chi connectivity index (χ4v) is 2.16. The number of hydrogen-bond donors (Lipinski definition) is 1. The van der Waals surface area contributed by atoms with Crippen molar-refractivity contribution < 1.29 is 9.53 Å². The molecule has 88 valence electrons. The van der Waals surface area contributed by atoms with E-state index in [0.717, 1.165) is 25.9 Å². The number of piperidine rings is 1. The summed E-state index contributed by atoms with van der Waals surface area (Å²) >= 11 is 0. The molecule has 1 aliphatic heterocycles. The van der Waals surface area contributed by atoms with Gasteiger partial charge in [0, 0.05) is 18.6 Å². The third kappa shape index (κ3) is 3.47. The van der Waals surface area contributed by atoms with Crippen LogP contribution in [0.5, 0.6) is 0 Å². The van der Waals surface area contributed by atoms with E-state index in [1.54, 1.807) is 0 Å². The maximum Gasteiger partial charge on any atom is 0.309 e. The van der Waals surface area contributed by atoms with E-state index in [1.807, 2.05) is 6.92 Å². The van der Waals surface area contributed by atoms with E-state index >= 15 is 0 Å². The molecule has 1 saturated heterocycles. The molecule has 0 radical (unpaired) electrons. The van der Waals surface area contributed by atoms with E-state index in [-0.39, 0.29) is 11.9 Å². The van der Waals surface area contributed by atoms with E-state index in [9.17, 15) is 4.79 Å². The molecule has 3 unspecified atom stereocenters. The summed E-state index contributed by atoms with van der Waals surface area (Å²) < 4.78 is 4.72. The number of carbonyl (C=O) groups is 1. The molecular weight excluding hydrogens is 192 g/mol. The summed E-state index contributed by atoms with van der Waals surface area (Å²) in [7, 11) is 1.44. The number of nitrogens with zero attached hydrogens (tertiary/aromatic N) is 1. The molecule has 0 amide bonds. The molecule has 1 fully saturated rings. The normalized spacial score (nSPS) is 29.9. The van der Waals surface area contributed by atoms with Crippen molar-refractivity contribution in [2.75, 3.05) is 20.2 Å². The number of likely N-dealkylation sites (tertiary alicyclic amines) is 1. The van der Waals surface area contributed by atoms with Crippen molar-refractivity contribution in [1.82, 2.24) is 4.90 Å². The number of ether oxygens (including phenoxy) is 1. The minimum atomic E-state index is -0.128. The van der Waals surface area contributed by atoms with Gasteiger partial charge >= 0.3 is 5.97 Å². The highest BCUT2D eigenvalue weighted by atomic mass is 16.5. The van der Waals surface area contributed by atoms with Crippen molar-refractivity contribution in [2.24, 2.45) is 11.7 Å². The Kier molecular flexibility index (Phi) is 4.54. The van der Waals surface area contributed by atoms with Crippen LogP contribution in [0.2, 0.25) is 0 Å². The Morgan fingerprint density at radius 1 is 1.67 bits per heavy atom. The molecule has 0 aromatic rings. The Morgan fingerprint density at radius 3 is 2.87 bits per heavy atom. The van der Waals surface area contributed by atoms with Gasteiger partial charge in [-0.15, -0.1) is 0 Å². The highest BCUT2D eigenvalue weighted by Gasteiger charge is 2.26. The average molecular weight is 214 g/mol. The summed E-state index contributed by atoms with van der Waals surface area (Å²) in [5.74, 6) is -0.177. The van der Waals surface area contributed by atoms with Crippen molar-refractivity contribution in [3.8, 4) is 0 Å². The van der Waals surface area contributed by atoms with Gasteiger partial charge < -0.3 is 10.5 Å². The Balaban J connectivity index is 2.41. The smallest absolute Gasteiger partial charge is 0.309 e. The number of carbonyl (C=O) groups excluding carboxylic acids is 1. The van der Waals surface area contributed by atoms with Crippen LogP contribution in [-0.2, 0) is 9.53 Å². The second-order valence-electron chi connectivity index (χ2n) is 4.55. The largest absolute Gasteiger partial charge is 0.469 e. The van der Waals surface area contributed by atoms with Gasteiger partial charge in [-0.1, -0.05) is 6.92 Å². The first kappa shape index (κ1) is 12.5. The van der Waals surface area contributed by atoms with Crippen LogP contribution in [0.15, 0.2) is 0 Å². The van der Waals surface area contributed by atoms with E-state index < -0.39 is 0 Å². The minimum Gasteiger partial charge on any atom is -0.469 e. The van der Waals surface area contributed by atoms with Crippen LogP contribution in [0.4, 0.5) is 0 Å². The monoisotopic (exact) mass is 214 g/mol. The minimum absolute atomic E-state index is 0.0493. The lowest BCUT2D eigenvalue weighted by Gasteiger charge is -2.37. The third-order valence-corrected chi connectivity index (χ3v) is 3.17. The van der Waals surface area contributed by atoms with Crippen molar-refractivity contribution in [1.29, 1.82) is 0 Å². The number of rotatable bonds is 3. The maximum atomic E-state index is 11.3. The highest BCUT2D eigenvalue weighted by molar-refractivity contribution is 5.72. The fraction of sp³-hybridized carbons (Fsp3) is 0.909. The molecule has 3 atom stereocenters. The average Bonchev–Trinajstić information content (AvgIpc) is 2.20. The maximum absolute atomic E-state index is 11.3. The molecule has 4 nitrogen and oxygen atoms in total. The second kappa shape index (κ2) is 5.47. The molecule has 1 aliphatic rings. The van der Waals surface area contributed by atoms with Crippen LogP contribution in [0, 0.1) is 5.92 Å². The van der Waals surface area contributed by atoms with E-state index in [2.05, 4.69) is 11.8 Å².